The highest BCUT2D eigenvalue weighted by Crippen LogP contribution is 2.32. The van der Waals surface area contributed by atoms with Crippen molar-refractivity contribution in [3.8, 4) is 11.5 Å². The molecule has 0 radical (unpaired) electrons. The van der Waals surface area contributed by atoms with E-state index in [1.165, 1.54) is 0 Å². The fourth-order valence-electron chi connectivity index (χ4n) is 1.95. The lowest BCUT2D eigenvalue weighted by Crippen LogP contribution is -2.05. The fraction of sp³-hybridized carbons (Fsp3) is 0.286. The van der Waals surface area contributed by atoms with Crippen LogP contribution >= 0.6 is 0 Å². The predicted molar refractivity (Wildman–Crippen MR) is 69.0 cm³/mol. The number of ether oxygens (including phenoxy) is 2. The summed E-state index contributed by atoms with van der Waals surface area (Å²) in [5, 5.41) is 10.3. The Morgan fingerprint density at radius 2 is 1.83 bits per heavy atom. The standard InChI is InChI=1S/C14H17NO3/c1-15-8-4-5-11(15)14(16)10-6-7-12(17-2)13(9-10)18-3/h4-9,14,16H,1-3H3/t14-/m1/s1. The van der Waals surface area contributed by atoms with Gasteiger partial charge in [0.15, 0.2) is 11.5 Å². The molecule has 0 aliphatic rings. The topological polar surface area (TPSA) is 43.6 Å². The summed E-state index contributed by atoms with van der Waals surface area (Å²) in [6.07, 6.45) is 1.23. The molecule has 4 heteroatoms. The van der Waals surface area contributed by atoms with Gasteiger partial charge in [-0.25, -0.2) is 0 Å². The molecule has 4 nitrogen and oxygen atoms in total. The lowest BCUT2D eigenvalue weighted by atomic mass is 10.1. The van der Waals surface area contributed by atoms with Crippen molar-refractivity contribution >= 4 is 0 Å². The maximum absolute atomic E-state index is 10.3. The number of aliphatic hydroxyl groups is 1. The second-order valence-corrected chi connectivity index (χ2v) is 4.06. The van der Waals surface area contributed by atoms with Gasteiger partial charge in [0, 0.05) is 13.2 Å². The molecule has 0 saturated carbocycles. The first-order valence-electron chi connectivity index (χ1n) is 5.68. The van der Waals surface area contributed by atoms with Gasteiger partial charge in [0.1, 0.15) is 6.10 Å². The predicted octanol–water partition coefficient (Wildman–Crippen LogP) is 2.12. The van der Waals surface area contributed by atoms with E-state index in [0.717, 1.165) is 11.3 Å². The largest absolute Gasteiger partial charge is 0.493 e. The Morgan fingerprint density at radius 1 is 1.11 bits per heavy atom. The van der Waals surface area contributed by atoms with Gasteiger partial charge in [-0.1, -0.05) is 6.07 Å². The zero-order valence-electron chi connectivity index (χ0n) is 10.8. The van der Waals surface area contributed by atoms with Gasteiger partial charge in [0.2, 0.25) is 0 Å². The molecule has 0 aliphatic heterocycles. The van der Waals surface area contributed by atoms with E-state index in [1.54, 1.807) is 26.4 Å². The van der Waals surface area contributed by atoms with E-state index in [1.807, 2.05) is 36.0 Å². The number of rotatable bonds is 4. The molecule has 1 heterocycles. The Balaban J connectivity index is 2.37. The van der Waals surface area contributed by atoms with Gasteiger partial charge < -0.3 is 19.1 Å². The van der Waals surface area contributed by atoms with E-state index < -0.39 is 6.10 Å². The number of aryl methyl sites for hydroxylation is 1. The molecule has 0 bridgehead atoms. The number of hydrogen-bond acceptors (Lipinski definition) is 3. The van der Waals surface area contributed by atoms with Gasteiger partial charge in [-0.15, -0.1) is 0 Å². The summed E-state index contributed by atoms with van der Waals surface area (Å²) in [6, 6.07) is 9.20. The van der Waals surface area contributed by atoms with Gasteiger partial charge in [0.05, 0.1) is 19.9 Å². The van der Waals surface area contributed by atoms with Gasteiger partial charge in [-0.05, 0) is 29.8 Å². The molecular weight excluding hydrogens is 230 g/mol. The molecule has 0 fully saturated rings. The molecule has 0 amide bonds. The average Bonchev–Trinajstić information content (AvgIpc) is 2.83. The maximum Gasteiger partial charge on any atom is 0.161 e. The van der Waals surface area contributed by atoms with Crippen molar-refractivity contribution in [2.24, 2.45) is 7.05 Å². The van der Waals surface area contributed by atoms with Gasteiger partial charge >= 0.3 is 0 Å². The van der Waals surface area contributed by atoms with Crippen LogP contribution in [0.4, 0.5) is 0 Å². The second kappa shape index (κ2) is 5.14. The van der Waals surface area contributed by atoms with Crippen LogP contribution in [-0.2, 0) is 7.05 Å². The highest BCUT2D eigenvalue weighted by molar-refractivity contribution is 5.44. The van der Waals surface area contributed by atoms with Crippen molar-refractivity contribution in [1.82, 2.24) is 4.57 Å². The summed E-state index contributed by atoms with van der Waals surface area (Å²) >= 11 is 0. The van der Waals surface area contributed by atoms with Crippen LogP contribution in [0, 0.1) is 0 Å². The second-order valence-electron chi connectivity index (χ2n) is 4.06. The van der Waals surface area contributed by atoms with Gasteiger partial charge in [-0.3, -0.25) is 0 Å². The Labute approximate surface area is 106 Å². The number of aliphatic hydroxyl groups excluding tert-OH is 1. The van der Waals surface area contributed by atoms with Crippen LogP contribution in [0.25, 0.3) is 0 Å². The average molecular weight is 247 g/mol. The molecule has 1 atom stereocenters. The maximum atomic E-state index is 10.3. The van der Waals surface area contributed by atoms with Crippen LogP contribution in [0.2, 0.25) is 0 Å². The van der Waals surface area contributed by atoms with Crippen LogP contribution in [0.15, 0.2) is 36.5 Å². The zero-order chi connectivity index (χ0) is 13.1. The molecule has 18 heavy (non-hydrogen) atoms. The molecule has 0 unspecified atom stereocenters. The van der Waals surface area contributed by atoms with E-state index in [0.29, 0.717) is 11.5 Å². The quantitative estimate of drug-likeness (QED) is 0.900. The minimum absolute atomic E-state index is 0.614. The summed E-state index contributed by atoms with van der Waals surface area (Å²) in [7, 11) is 5.07. The molecule has 0 spiro atoms. The lowest BCUT2D eigenvalue weighted by molar-refractivity contribution is 0.211. The Kier molecular flexibility index (Phi) is 3.58. The van der Waals surface area contributed by atoms with Crippen molar-refractivity contribution < 1.29 is 14.6 Å². The molecule has 1 aromatic carbocycles. The van der Waals surface area contributed by atoms with Crippen molar-refractivity contribution in [2.75, 3.05) is 14.2 Å². The molecule has 2 rings (SSSR count). The van der Waals surface area contributed by atoms with E-state index in [4.69, 9.17) is 9.47 Å². The molecule has 0 aliphatic carbocycles. The third-order valence-electron chi connectivity index (χ3n) is 2.99. The van der Waals surface area contributed by atoms with E-state index in [2.05, 4.69) is 0 Å². The summed E-state index contributed by atoms with van der Waals surface area (Å²) in [5.74, 6) is 1.27. The Morgan fingerprint density at radius 3 is 2.39 bits per heavy atom. The fourth-order valence-corrected chi connectivity index (χ4v) is 1.95. The number of methoxy groups -OCH3 is 2. The third kappa shape index (κ3) is 2.19. The van der Waals surface area contributed by atoms with Gasteiger partial charge in [0.25, 0.3) is 0 Å². The normalized spacial score (nSPS) is 12.2. The third-order valence-corrected chi connectivity index (χ3v) is 2.99. The van der Waals surface area contributed by atoms with E-state index >= 15 is 0 Å². The first-order valence-corrected chi connectivity index (χ1v) is 5.68. The summed E-state index contributed by atoms with van der Waals surface area (Å²) in [5.41, 5.74) is 1.61. The molecule has 96 valence electrons. The summed E-state index contributed by atoms with van der Waals surface area (Å²) < 4.78 is 12.3. The highest BCUT2D eigenvalue weighted by atomic mass is 16.5. The minimum atomic E-state index is -0.676. The lowest BCUT2D eigenvalue weighted by Gasteiger charge is -2.15. The molecular formula is C14H17NO3. The monoisotopic (exact) mass is 247 g/mol. The zero-order valence-corrected chi connectivity index (χ0v) is 10.8. The van der Waals surface area contributed by atoms with Crippen LogP contribution in [0.1, 0.15) is 17.4 Å². The molecule has 2 aromatic rings. The van der Waals surface area contributed by atoms with Gasteiger partial charge in [-0.2, -0.15) is 0 Å². The number of benzene rings is 1. The van der Waals surface area contributed by atoms with E-state index in [-0.39, 0.29) is 0 Å². The smallest absolute Gasteiger partial charge is 0.161 e. The number of nitrogens with zero attached hydrogens (tertiary/aromatic N) is 1. The van der Waals surface area contributed by atoms with Crippen molar-refractivity contribution in [3.05, 3.63) is 47.8 Å². The van der Waals surface area contributed by atoms with Crippen molar-refractivity contribution in [2.45, 2.75) is 6.10 Å². The number of aromatic nitrogens is 1. The van der Waals surface area contributed by atoms with Crippen LogP contribution in [0.5, 0.6) is 11.5 Å². The first-order chi connectivity index (χ1) is 8.67. The first kappa shape index (κ1) is 12.5. The summed E-state index contributed by atoms with van der Waals surface area (Å²) in [4.78, 5) is 0. The molecule has 1 N–H and O–H groups in total. The van der Waals surface area contributed by atoms with Crippen molar-refractivity contribution in [3.63, 3.8) is 0 Å². The van der Waals surface area contributed by atoms with Crippen molar-refractivity contribution in [1.29, 1.82) is 0 Å². The van der Waals surface area contributed by atoms with Crippen LogP contribution in [-0.4, -0.2) is 23.9 Å². The molecule has 0 saturated heterocycles. The Hall–Kier alpha value is -1.94. The SMILES string of the molecule is COc1ccc([C@@H](O)c2cccn2C)cc1OC. The van der Waals surface area contributed by atoms with Crippen LogP contribution < -0.4 is 9.47 Å². The number of hydrogen-bond donors (Lipinski definition) is 1. The summed E-state index contributed by atoms with van der Waals surface area (Å²) in [6.45, 7) is 0. The van der Waals surface area contributed by atoms with E-state index in [9.17, 15) is 5.11 Å². The van der Waals surface area contributed by atoms with Crippen LogP contribution in [0.3, 0.4) is 0 Å². The highest BCUT2D eigenvalue weighted by Gasteiger charge is 2.15. The minimum Gasteiger partial charge on any atom is -0.493 e. The Bertz CT molecular complexity index is 534. The molecule has 1 aromatic heterocycles.